The molecule has 1 amide bonds. The van der Waals surface area contributed by atoms with Crippen LogP contribution in [-0.2, 0) is 0 Å². The van der Waals surface area contributed by atoms with Crippen LogP contribution in [0.5, 0.6) is 5.75 Å². The van der Waals surface area contributed by atoms with Crippen molar-refractivity contribution in [3.05, 3.63) is 22.8 Å². The molecule has 0 radical (unpaired) electrons. The van der Waals surface area contributed by atoms with E-state index in [-0.39, 0.29) is 0 Å². The summed E-state index contributed by atoms with van der Waals surface area (Å²) in [6.45, 7) is 5.70. The van der Waals surface area contributed by atoms with Crippen LogP contribution in [0.2, 0.25) is 0 Å². The highest BCUT2D eigenvalue weighted by Gasteiger charge is 2.17. The number of hydrogen-bond acceptors (Lipinski definition) is 2. The average molecular weight is 223 g/mol. The molecule has 1 aromatic rings. The van der Waals surface area contributed by atoms with E-state index in [4.69, 9.17) is 9.84 Å². The predicted molar refractivity (Wildman–Crippen MR) is 63.6 cm³/mol. The molecular weight excluding hydrogens is 206 g/mol. The van der Waals surface area contributed by atoms with Crippen LogP contribution in [0.3, 0.4) is 0 Å². The minimum Gasteiger partial charge on any atom is -0.496 e. The van der Waals surface area contributed by atoms with Gasteiger partial charge in [0.15, 0.2) is 0 Å². The Morgan fingerprint density at radius 3 is 2.31 bits per heavy atom. The van der Waals surface area contributed by atoms with Crippen LogP contribution in [0.4, 0.5) is 10.5 Å². The third-order valence-electron chi connectivity index (χ3n) is 2.85. The fraction of sp³-hybridized carbons (Fsp3) is 0.417. The number of carboxylic acid groups (broad SMARTS) is 1. The molecule has 1 N–H and O–H groups in total. The van der Waals surface area contributed by atoms with Crippen molar-refractivity contribution in [3.63, 3.8) is 0 Å². The molecule has 0 spiro atoms. The molecule has 0 saturated heterocycles. The molecule has 0 bridgehead atoms. The number of hydrogen-bond donors (Lipinski definition) is 1. The van der Waals surface area contributed by atoms with Crippen molar-refractivity contribution in [2.75, 3.05) is 19.1 Å². The zero-order valence-corrected chi connectivity index (χ0v) is 10.3. The van der Waals surface area contributed by atoms with Crippen LogP contribution in [0, 0.1) is 20.8 Å². The van der Waals surface area contributed by atoms with Gasteiger partial charge < -0.3 is 9.84 Å². The molecule has 0 aliphatic heterocycles. The van der Waals surface area contributed by atoms with Gasteiger partial charge in [-0.1, -0.05) is 0 Å². The molecule has 0 atom stereocenters. The number of aryl methyl sites for hydroxylation is 1. The van der Waals surface area contributed by atoms with Crippen molar-refractivity contribution in [2.45, 2.75) is 20.8 Å². The van der Waals surface area contributed by atoms with Crippen molar-refractivity contribution >= 4 is 11.8 Å². The van der Waals surface area contributed by atoms with Crippen LogP contribution >= 0.6 is 0 Å². The number of amides is 1. The molecule has 4 nitrogen and oxygen atoms in total. The maximum atomic E-state index is 11.0. The molecule has 0 aliphatic rings. The van der Waals surface area contributed by atoms with Crippen molar-refractivity contribution in [1.82, 2.24) is 0 Å². The standard InChI is InChI=1S/C12H17NO3/c1-7-6-10(16-5)8(2)9(3)11(7)13(4)12(14)15/h6H,1-5H3,(H,14,15). The van der Waals surface area contributed by atoms with E-state index < -0.39 is 6.09 Å². The molecular formula is C12H17NO3. The van der Waals surface area contributed by atoms with Gasteiger partial charge >= 0.3 is 6.09 Å². The zero-order valence-electron chi connectivity index (χ0n) is 10.3. The summed E-state index contributed by atoms with van der Waals surface area (Å²) in [6, 6.07) is 1.86. The smallest absolute Gasteiger partial charge is 0.411 e. The van der Waals surface area contributed by atoms with E-state index >= 15 is 0 Å². The van der Waals surface area contributed by atoms with Gasteiger partial charge in [0.1, 0.15) is 5.75 Å². The van der Waals surface area contributed by atoms with E-state index in [1.807, 2.05) is 26.8 Å². The molecule has 0 unspecified atom stereocenters. The number of ether oxygens (including phenoxy) is 1. The lowest BCUT2D eigenvalue weighted by molar-refractivity contribution is 0.203. The SMILES string of the molecule is COc1cc(C)c(N(C)C(=O)O)c(C)c1C. The summed E-state index contributed by atoms with van der Waals surface area (Å²) in [7, 11) is 3.16. The highest BCUT2D eigenvalue weighted by atomic mass is 16.5. The number of benzene rings is 1. The van der Waals surface area contributed by atoms with Gasteiger partial charge in [-0.25, -0.2) is 4.79 Å². The lowest BCUT2D eigenvalue weighted by Crippen LogP contribution is -2.25. The molecule has 0 aliphatic carbocycles. The minimum absolute atomic E-state index is 0.728. The lowest BCUT2D eigenvalue weighted by Gasteiger charge is -2.21. The maximum Gasteiger partial charge on any atom is 0.411 e. The monoisotopic (exact) mass is 223 g/mol. The second kappa shape index (κ2) is 4.43. The van der Waals surface area contributed by atoms with Crippen LogP contribution in [0.15, 0.2) is 6.07 Å². The molecule has 88 valence electrons. The maximum absolute atomic E-state index is 11.0. The Hall–Kier alpha value is -1.71. The summed E-state index contributed by atoms with van der Waals surface area (Å²) in [6.07, 6.45) is -0.962. The Labute approximate surface area is 95.5 Å². The van der Waals surface area contributed by atoms with Crippen molar-refractivity contribution < 1.29 is 14.6 Å². The van der Waals surface area contributed by atoms with Crippen molar-refractivity contribution in [3.8, 4) is 5.75 Å². The number of methoxy groups -OCH3 is 1. The topological polar surface area (TPSA) is 49.8 Å². The third-order valence-corrected chi connectivity index (χ3v) is 2.85. The molecule has 1 rings (SSSR count). The van der Waals surface area contributed by atoms with Gasteiger partial charge in [0.05, 0.1) is 12.8 Å². The number of anilines is 1. The Morgan fingerprint density at radius 1 is 1.31 bits per heavy atom. The Morgan fingerprint density at radius 2 is 1.88 bits per heavy atom. The van der Waals surface area contributed by atoms with Gasteiger partial charge in [-0.15, -0.1) is 0 Å². The summed E-state index contributed by atoms with van der Waals surface area (Å²) >= 11 is 0. The number of carbonyl (C=O) groups is 1. The second-order valence-electron chi connectivity index (χ2n) is 3.84. The van der Waals surface area contributed by atoms with Gasteiger partial charge in [-0.3, -0.25) is 4.90 Å². The fourth-order valence-corrected chi connectivity index (χ4v) is 1.86. The fourth-order valence-electron chi connectivity index (χ4n) is 1.86. The Balaban J connectivity index is 3.41. The second-order valence-corrected chi connectivity index (χ2v) is 3.84. The van der Waals surface area contributed by atoms with Gasteiger partial charge in [-0.2, -0.15) is 0 Å². The summed E-state index contributed by atoms with van der Waals surface area (Å²) in [5, 5.41) is 9.00. The van der Waals surface area contributed by atoms with E-state index in [0.717, 1.165) is 28.1 Å². The Kier molecular flexibility index (Phi) is 3.42. The predicted octanol–water partition coefficient (Wildman–Crippen LogP) is 2.73. The van der Waals surface area contributed by atoms with Crippen molar-refractivity contribution in [2.24, 2.45) is 0 Å². The highest BCUT2D eigenvalue weighted by Crippen LogP contribution is 2.33. The molecule has 0 fully saturated rings. The zero-order chi connectivity index (χ0) is 12.5. The van der Waals surface area contributed by atoms with E-state index in [1.54, 1.807) is 14.2 Å². The van der Waals surface area contributed by atoms with Gasteiger partial charge in [-0.05, 0) is 43.5 Å². The minimum atomic E-state index is -0.962. The summed E-state index contributed by atoms with van der Waals surface area (Å²) in [5.41, 5.74) is 3.52. The number of rotatable bonds is 2. The molecule has 16 heavy (non-hydrogen) atoms. The van der Waals surface area contributed by atoms with E-state index in [0.29, 0.717) is 0 Å². The number of nitrogens with zero attached hydrogens (tertiary/aromatic N) is 1. The molecule has 0 saturated carbocycles. The lowest BCUT2D eigenvalue weighted by atomic mass is 10.0. The van der Waals surface area contributed by atoms with Gasteiger partial charge in [0.25, 0.3) is 0 Å². The largest absolute Gasteiger partial charge is 0.496 e. The van der Waals surface area contributed by atoms with Crippen LogP contribution < -0.4 is 9.64 Å². The molecule has 4 heteroatoms. The summed E-state index contributed by atoms with van der Waals surface area (Å²) in [5.74, 6) is 0.789. The van der Waals surface area contributed by atoms with Crippen LogP contribution in [-0.4, -0.2) is 25.4 Å². The quantitative estimate of drug-likeness (QED) is 0.838. The summed E-state index contributed by atoms with van der Waals surface area (Å²) in [4.78, 5) is 12.2. The first-order chi connectivity index (χ1) is 7.40. The average Bonchev–Trinajstić information content (AvgIpc) is 2.23. The molecule has 0 aromatic heterocycles. The van der Waals surface area contributed by atoms with Crippen LogP contribution in [0.25, 0.3) is 0 Å². The molecule has 0 heterocycles. The third kappa shape index (κ3) is 1.96. The first-order valence-electron chi connectivity index (χ1n) is 5.01. The highest BCUT2D eigenvalue weighted by molar-refractivity contribution is 5.88. The first kappa shape index (κ1) is 12.4. The molecule has 1 aromatic carbocycles. The van der Waals surface area contributed by atoms with Crippen LogP contribution in [0.1, 0.15) is 16.7 Å². The van der Waals surface area contributed by atoms with Gasteiger partial charge in [0.2, 0.25) is 0 Å². The normalized spacial score (nSPS) is 10.1. The first-order valence-corrected chi connectivity index (χ1v) is 5.01. The van der Waals surface area contributed by atoms with E-state index in [2.05, 4.69) is 0 Å². The van der Waals surface area contributed by atoms with Gasteiger partial charge in [0, 0.05) is 7.05 Å². The van der Waals surface area contributed by atoms with E-state index in [1.165, 1.54) is 4.90 Å². The van der Waals surface area contributed by atoms with Crippen molar-refractivity contribution in [1.29, 1.82) is 0 Å². The summed E-state index contributed by atoms with van der Waals surface area (Å²) < 4.78 is 5.24. The Bertz CT molecular complexity index is 427. The van der Waals surface area contributed by atoms with E-state index in [9.17, 15) is 4.79 Å².